The number of furan rings is 1. The van der Waals surface area contributed by atoms with Gasteiger partial charge >= 0.3 is 5.97 Å². The van der Waals surface area contributed by atoms with Gasteiger partial charge in [-0.1, -0.05) is 19.3 Å². The number of rotatable bonds is 8. The summed E-state index contributed by atoms with van der Waals surface area (Å²) in [6, 6.07) is 1.32. The van der Waals surface area contributed by atoms with Gasteiger partial charge in [0.1, 0.15) is 0 Å². The van der Waals surface area contributed by atoms with Gasteiger partial charge in [0.15, 0.2) is 0 Å². The van der Waals surface area contributed by atoms with Gasteiger partial charge in [-0.05, 0) is 25.8 Å². The van der Waals surface area contributed by atoms with E-state index < -0.39 is 11.6 Å². The van der Waals surface area contributed by atoms with Gasteiger partial charge in [-0.15, -0.1) is 0 Å². The van der Waals surface area contributed by atoms with Crippen LogP contribution in [0.15, 0.2) is 23.0 Å². The summed E-state index contributed by atoms with van der Waals surface area (Å²) in [7, 11) is 0. The summed E-state index contributed by atoms with van der Waals surface area (Å²) in [5, 5.41) is 5.96. The normalized spacial score (nSPS) is 22.0. The van der Waals surface area contributed by atoms with Gasteiger partial charge in [0.25, 0.3) is 0 Å². The molecule has 0 aromatic carbocycles. The summed E-state index contributed by atoms with van der Waals surface area (Å²) in [4.78, 5) is 39.5. The zero-order chi connectivity index (χ0) is 20.7. The zero-order valence-electron chi connectivity index (χ0n) is 17.1. The van der Waals surface area contributed by atoms with Crippen molar-refractivity contribution in [1.29, 1.82) is 0 Å². The summed E-state index contributed by atoms with van der Waals surface area (Å²) >= 11 is 0. The van der Waals surface area contributed by atoms with Crippen LogP contribution in [0, 0.1) is 0 Å². The van der Waals surface area contributed by atoms with Crippen LogP contribution >= 0.6 is 0 Å². The van der Waals surface area contributed by atoms with Crippen LogP contribution in [-0.2, 0) is 25.7 Å². The van der Waals surface area contributed by atoms with Crippen molar-refractivity contribution in [2.24, 2.45) is 0 Å². The van der Waals surface area contributed by atoms with E-state index >= 15 is 0 Å². The molecule has 8 nitrogen and oxygen atoms in total. The fraction of sp³-hybridized carbons (Fsp3) is 0.667. The molecular formula is C21H31N3O5. The molecule has 1 aromatic rings. The number of carbonyl (C=O) groups is 3. The van der Waals surface area contributed by atoms with Crippen molar-refractivity contribution in [2.75, 3.05) is 19.7 Å². The Kier molecular flexibility index (Phi) is 7.30. The third-order valence-corrected chi connectivity index (χ3v) is 5.79. The molecule has 0 spiro atoms. The van der Waals surface area contributed by atoms with Crippen LogP contribution in [0.25, 0.3) is 0 Å². The molecule has 29 heavy (non-hydrogen) atoms. The summed E-state index contributed by atoms with van der Waals surface area (Å²) in [5.41, 5.74) is 0.401. The maximum atomic E-state index is 12.9. The molecule has 1 saturated carbocycles. The van der Waals surface area contributed by atoms with Crippen molar-refractivity contribution in [1.82, 2.24) is 15.5 Å². The molecule has 2 heterocycles. The molecule has 2 aliphatic rings. The van der Waals surface area contributed by atoms with Crippen LogP contribution in [0.2, 0.25) is 0 Å². The number of amides is 2. The smallest absolute Gasteiger partial charge is 0.308 e. The van der Waals surface area contributed by atoms with E-state index in [1.165, 1.54) is 0 Å². The highest BCUT2D eigenvalue weighted by molar-refractivity contribution is 5.89. The second kappa shape index (κ2) is 9.91. The molecule has 2 fully saturated rings. The average Bonchev–Trinajstić information content (AvgIpc) is 3.18. The number of ether oxygens (including phenoxy) is 1. The molecule has 0 radical (unpaired) electrons. The first-order chi connectivity index (χ1) is 14.0. The Morgan fingerprint density at radius 1 is 1.34 bits per heavy atom. The fourth-order valence-electron chi connectivity index (χ4n) is 4.38. The Morgan fingerprint density at radius 2 is 2.14 bits per heavy atom. The second-order valence-corrected chi connectivity index (χ2v) is 7.98. The third kappa shape index (κ3) is 5.82. The predicted molar refractivity (Wildman–Crippen MR) is 106 cm³/mol. The number of hydrogen-bond acceptors (Lipinski definition) is 6. The van der Waals surface area contributed by atoms with E-state index in [1.54, 1.807) is 19.5 Å². The van der Waals surface area contributed by atoms with Crippen molar-refractivity contribution >= 4 is 17.8 Å². The van der Waals surface area contributed by atoms with Crippen LogP contribution in [0.3, 0.4) is 0 Å². The van der Waals surface area contributed by atoms with Crippen molar-refractivity contribution < 1.29 is 23.5 Å². The first-order valence-corrected chi connectivity index (χ1v) is 10.5. The molecule has 1 saturated heterocycles. The molecule has 1 aliphatic carbocycles. The molecule has 2 amide bonds. The number of esters is 1. The van der Waals surface area contributed by atoms with Crippen molar-refractivity contribution in [2.45, 2.75) is 70.0 Å². The Bertz CT molecular complexity index is 697. The molecule has 8 heteroatoms. The minimum absolute atomic E-state index is 0.0638. The number of nitrogens with one attached hydrogen (secondary N) is 2. The Morgan fingerprint density at radius 3 is 2.83 bits per heavy atom. The van der Waals surface area contributed by atoms with Crippen LogP contribution in [-0.4, -0.2) is 54.0 Å². The largest absolute Gasteiger partial charge is 0.472 e. The van der Waals surface area contributed by atoms with E-state index in [0.717, 1.165) is 37.7 Å². The summed E-state index contributed by atoms with van der Waals surface area (Å²) in [6.07, 6.45) is 8.05. The van der Waals surface area contributed by atoms with E-state index in [9.17, 15) is 14.4 Å². The van der Waals surface area contributed by atoms with Gasteiger partial charge < -0.3 is 19.8 Å². The van der Waals surface area contributed by atoms with Crippen molar-refractivity contribution in [3.63, 3.8) is 0 Å². The average molecular weight is 405 g/mol. The highest BCUT2D eigenvalue weighted by Crippen LogP contribution is 2.32. The first-order valence-electron chi connectivity index (χ1n) is 10.5. The maximum Gasteiger partial charge on any atom is 0.308 e. The molecule has 1 atom stereocenters. The minimum Gasteiger partial charge on any atom is -0.472 e. The van der Waals surface area contributed by atoms with Gasteiger partial charge in [0.05, 0.1) is 43.6 Å². The van der Waals surface area contributed by atoms with E-state index in [2.05, 4.69) is 10.6 Å². The highest BCUT2D eigenvalue weighted by atomic mass is 16.5. The highest BCUT2D eigenvalue weighted by Gasteiger charge is 2.38. The molecule has 3 rings (SSSR count). The lowest BCUT2D eigenvalue weighted by Crippen LogP contribution is -2.58. The van der Waals surface area contributed by atoms with E-state index in [4.69, 9.17) is 9.15 Å². The Balaban J connectivity index is 1.65. The lowest BCUT2D eigenvalue weighted by molar-refractivity contribution is -0.146. The molecule has 0 unspecified atom stereocenters. The first kappa shape index (κ1) is 21.4. The van der Waals surface area contributed by atoms with Crippen LogP contribution in [0.1, 0.15) is 57.4 Å². The fourth-order valence-corrected chi connectivity index (χ4v) is 4.38. The van der Waals surface area contributed by atoms with E-state index in [0.29, 0.717) is 26.2 Å². The van der Waals surface area contributed by atoms with Gasteiger partial charge in [0, 0.05) is 25.2 Å². The molecule has 2 N–H and O–H groups in total. The molecular weight excluding hydrogens is 374 g/mol. The number of piperazine rings is 1. The Hall–Kier alpha value is -2.35. The standard InChI is InChI=1S/C21H31N3O5/c1-2-29-19(26)13-21(7-4-3-5-8-21)23-18(25)12-17-20(27)22-9-10-24(17)14-16-6-11-28-15-16/h6,11,15,17H,2-5,7-10,12-14H2,1H3,(H,22,27)(H,23,25)/t17-/m0/s1. The van der Waals surface area contributed by atoms with Crippen LogP contribution in [0.5, 0.6) is 0 Å². The predicted octanol–water partition coefficient (Wildman–Crippen LogP) is 1.74. The lowest BCUT2D eigenvalue weighted by atomic mass is 9.79. The van der Waals surface area contributed by atoms with Crippen LogP contribution < -0.4 is 10.6 Å². The molecule has 1 aromatic heterocycles. The number of nitrogens with zero attached hydrogens (tertiary/aromatic N) is 1. The van der Waals surface area contributed by atoms with E-state index in [1.807, 2.05) is 11.0 Å². The lowest BCUT2D eigenvalue weighted by Gasteiger charge is -2.39. The number of carbonyl (C=O) groups excluding carboxylic acids is 3. The monoisotopic (exact) mass is 405 g/mol. The molecule has 1 aliphatic heterocycles. The quantitative estimate of drug-likeness (QED) is 0.639. The topological polar surface area (TPSA) is 101 Å². The van der Waals surface area contributed by atoms with Gasteiger partial charge in [-0.2, -0.15) is 0 Å². The van der Waals surface area contributed by atoms with Gasteiger partial charge in [0.2, 0.25) is 11.8 Å². The van der Waals surface area contributed by atoms with E-state index in [-0.39, 0.29) is 30.6 Å². The van der Waals surface area contributed by atoms with Crippen molar-refractivity contribution in [3.05, 3.63) is 24.2 Å². The summed E-state index contributed by atoms with van der Waals surface area (Å²) in [6.45, 7) is 3.88. The summed E-state index contributed by atoms with van der Waals surface area (Å²) < 4.78 is 10.2. The van der Waals surface area contributed by atoms with Gasteiger partial charge in [-0.3, -0.25) is 19.3 Å². The SMILES string of the molecule is CCOC(=O)CC1(NC(=O)C[C@H]2C(=O)NCCN2Cc2ccoc2)CCCCC1. The summed E-state index contributed by atoms with van der Waals surface area (Å²) in [5.74, 6) is -0.625. The zero-order valence-corrected chi connectivity index (χ0v) is 17.1. The van der Waals surface area contributed by atoms with Crippen molar-refractivity contribution in [3.8, 4) is 0 Å². The minimum atomic E-state index is -0.567. The van der Waals surface area contributed by atoms with Gasteiger partial charge in [-0.25, -0.2) is 0 Å². The second-order valence-electron chi connectivity index (χ2n) is 7.98. The third-order valence-electron chi connectivity index (χ3n) is 5.79. The molecule has 160 valence electrons. The van der Waals surface area contributed by atoms with Crippen LogP contribution in [0.4, 0.5) is 0 Å². The molecule has 0 bridgehead atoms. The Labute approximate surface area is 171 Å². The maximum absolute atomic E-state index is 12.9. The number of hydrogen-bond donors (Lipinski definition) is 2.